The molecule has 0 spiro atoms. The van der Waals surface area contributed by atoms with Crippen LogP contribution in [0.2, 0.25) is 5.02 Å². The monoisotopic (exact) mass is 273 g/mol. The molecule has 6 heteroatoms. The summed E-state index contributed by atoms with van der Waals surface area (Å²) >= 11 is 6.84. The normalized spacial score (nSPS) is 11.6. The average Bonchev–Trinajstić information content (AvgIpc) is 2.66. The van der Waals surface area contributed by atoms with Gasteiger partial charge in [-0.05, 0) is 31.2 Å². The SMILES string of the molecule is Cc1ncsc1S(=O)(=O)c1ccc(Cl)cc1. The first kappa shape index (κ1) is 11.6. The van der Waals surface area contributed by atoms with Crippen LogP contribution in [0.3, 0.4) is 0 Å². The van der Waals surface area contributed by atoms with Crippen molar-refractivity contribution in [2.75, 3.05) is 0 Å². The van der Waals surface area contributed by atoms with Gasteiger partial charge in [-0.3, -0.25) is 0 Å². The lowest BCUT2D eigenvalue weighted by Crippen LogP contribution is -2.01. The van der Waals surface area contributed by atoms with Gasteiger partial charge >= 0.3 is 0 Å². The highest BCUT2D eigenvalue weighted by molar-refractivity contribution is 7.93. The van der Waals surface area contributed by atoms with E-state index in [1.807, 2.05) is 0 Å². The molecule has 1 aromatic carbocycles. The van der Waals surface area contributed by atoms with Gasteiger partial charge in [-0.1, -0.05) is 11.6 Å². The molecule has 1 aromatic heterocycles. The molecule has 0 aliphatic carbocycles. The van der Waals surface area contributed by atoms with E-state index in [0.717, 1.165) is 11.3 Å². The number of benzene rings is 1. The van der Waals surface area contributed by atoms with Crippen molar-refractivity contribution in [3.8, 4) is 0 Å². The molecule has 0 fully saturated rings. The molecular weight excluding hydrogens is 266 g/mol. The van der Waals surface area contributed by atoms with Crippen LogP contribution in [0.15, 0.2) is 38.9 Å². The minimum atomic E-state index is -3.45. The lowest BCUT2D eigenvalue weighted by molar-refractivity contribution is 0.597. The van der Waals surface area contributed by atoms with Gasteiger partial charge in [-0.25, -0.2) is 13.4 Å². The molecule has 1 heterocycles. The van der Waals surface area contributed by atoms with Crippen LogP contribution in [-0.2, 0) is 9.84 Å². The number of halogens is 1. The number of thiazole rings is 1. The van der Waals surface area contributed by atoms with E-state index in [1.165, 1.54) is 17.6 Å². The summed E-state index contributed by atoms with van der Waals surface area (Å²) in [5, 5.41) is 0.514. The van der Waals surface area contributed by atoms with Gasteiger partial charge in [-0.15, -0.1) is 11.3 Å². The predicted octanol–water partition coefficient (Wildman–Crippen LogP) is 2.94. The Morgan fingerprint density at radius 2 is 1.88 bits per heavy atom. The Kier molecular flexibility index (Phi) is 3.01. The Balaban J connectivity index is 2.56. The van der Waals surface area contributed by atoms with E-state index in [0.29, 0.717) is 10.7 Å². The highest BCUT2D eigenvalue weighted by Gasteiger charge is 2.21. The molecule has 0 unspecified atom stereocenters. The molecule has 2 rings (SSSR count). The van der Waals surface area contributed by atoms with E-state index in [2.05, 4.69) is 4.98 Å². The standard InChI is InChI=1S/C10H8ClNO2S2/c1-7-10(15-6-12-7)16(13,14)9-4-2-8(11)3-5-9/h2-6H,1H3. The smallest absolute Gasteiger partial charge is 0.217 e. The van der Waals surface area contributed by atoms with Gasteiger partial charge in [0.1, 0.15) is 4.21 Å². The minimum Gasteiger partial charge on any atom is -0.249 e. The maximum Gasteiger partial charge on any atom is 0.217 e. The molecule has 0 aliphatic heterocycles. The molecule has 0 N–H and O–H groups in total. The molecule has 0 saturated heterocycles. The second-order valence-corrected chi connectivity index (χ2v) is 6.62. The van der Waals surface area contributed by atoms with Gasteiger partial charge in [0.15, 0.2) is 0 Å². The van der Waals surface area contributed by atoms with Crippen LogP contribution in [0.5, 0.6) is 0 Å². The summed E-state index contributed by atoms with van der Waals surface area (Å²) in [6.07, 6.45) is 0. The average molecular weight is 274 g/mol. The van der Waals surface area contributed by atoms with Gasteiger partial charge in [0.25, 0.3) is 0 Å². The van der Waals surface area contributed by atoms with Crippen LogP contribution in [0.4, 0.5) is 0 Å². The summed E-state index contributed by atoms with van der Waals surface area (Å²) in [6.45, 7) is 1.68. The summed E-state index contributed by atoms with van der Waals surface area (Å²) in [4.78, 5) is 4.18. The van der Waals surface area contributed by atoms with Crippen LogP contribution in [0, 0.1) is 6.92 Å². The summed E-state index contributed by atoms with van der Waals surface area (Å²) in [5.74, 6) is 0. The molecule has 3 nitrogen and oxygen atoms in total. The second-order valence-electron chi connectivity index (χ2n) is 3.18. The van der Waals surface area contributed by atoms with Crippen molar-refractivity contribution in [2.24, 2.45) is 0 Å². The number of aromatic nitrogens is 1. The topological polar surface area (TPSA) is 47.0 Å². The second kappa shape index (κ2) is 4.16. The van der Waals surface area contributed by atoms with Gasteiger partial charge in [0.2, 0.25) is 9.84 Å². The molecule has 84 valence electrons. The number of nitrogens with zero attached hydrogens (tertiary/aromatic N) is 1. The van der Waals surface area contributed by atoms with Crippen molar-refractivity contribution in [1.82, 2.24) is 4.98 Å². The Labute approximate surface area is 103 Å². The Morgan fingerprint density at radius 3 is 2.38 bits per heavy atom. The van der Waals surface area contributed by atoms with Crippen LogP contribution in [0.25, 0.3) is 0 Å². The zero-order chi connectivity index (χ0) is 11.8. The molecule has 2 aromatic rings. The minimum absolute atomic E-state index is 0.240. The quantitative estimate of drug-likeness (QED) is 0.845. The maximum absolute atomic E-state index is 12.2. The third-order valence-corrected chi connectivity index (χ3v) is 5.67. The molecule has 0 aliphatic rings. The van der Waals surface area contributed by atoms with Crippen molar-refractivity contribution >= 4 is 32.8 Å². The Bertz CT molecular complexity index is 602. The van der Waals surface area contributed by atoms with E-state index in [4.69, 9.17) is 11.6 Å². The number of hydrogen-bond acceptors (Lipinski definition) is 4. The van der Waals surface area contributed by atoms with Crippen LogP contribution in [-0.4, -0.2) is 13.4 Å². The molecule has 0 radical (unpaired) electrons. The lowest BCUT2D eigenvalue weighted by Gasteiger charge is -2.02. The summed E-state index contributed by atoms with van der Waals surface area (Å²) in [7, 11) is -3.45. The third-order valence-electron chi connectivity index (χ3n) is 2.07. The number of rotatable bonds is 2. The first-order valence-electron chi connectivity index (χ1n) is 4.42. The summed E-state index contributed by atoms with van der Waals surface area (Å²) < 4.78 is 24.6. The molecule has 0 bridgehead atoms. The van der Waals surface area contributed by atoms with E-state index in [9.17, 15) is 8.42 Å². The fourth-order valence-corrected chi connectivity index (χ4v) is 4.00. The number of aryl methyl sites for hydroxylation is 1. The fourth-order valence-electron chi connectivity index (χ4n) is 1.27. The van der Waals surface area contributed by atoms with E-state index >= 15 is 0 Å². The largest absolute Gasteiger partial charge is 0.249 e. The van der Waals surface area contributed by atoms with Crippen LogP contribution in [0.1, 0.15) is 5.69 Å². The van der Waals surface area contributed by atoms with Crippen LogP contribution >= 0.6 is 22.9 Å². The first-order valence-corrected chi connectivity index (χ1v) is 7.16. The highest BCUT2D eigenvalue weighted by Crippen LogP contribution is 2.27. The van der Waals surface area contributed by atoms with Gasteiger partial charge in [-0.2, -0.15) is 0 Å². The highest BCUT2D eigenvalue weighted by atomic mass is 35.5. The third kappa shape index (κ3) is 1.98. The van der Waals surface area contributed by atoms with E-state index in [1.54, 1.807) is 19.1 Å². The van der Waals surface area contributed by atoms with Crippen molar-refractivity contribution in [2.45, 2.75) is 16.0 Å². The lowest BCUT2D eigenvalue weighted by atomic mass is 10.4. The van der Waals surface area contributed by atoms with Gasteiger partial charge in [0, 0.05) is 5.02 Å². The van der Waals surface area contributed by atoms with Crippen molar-refractivity contribution in [3.05, 3.63) is 40.5 Å². The zero-order valence-electron chi connectivity index (χ0n) is 8.34. The Morgan fingerprint density at radius 1 is 1.25 bits per heavy atom. The molecule has 0 amide bonds. The number of hydrogen-bond donors (Lipinski definition) is 0. The molecule has 0 saturated carbocycles. The first-order chi connectivity index (χ1) is 7.51. The summed E-state index contributed by atoms with van der Waals surface area (Å²) in [6, 6.07) is 6.11. The predicted molar refractivity (Wildman–Crippen MR) is 63.8 cm³/mol. The van der Waals surface area contributed by atoms with Gasteiger partial charge in [0.05, 0.1) is 16.1 Å². The molecular formula is C10H8ClNO2S2. The summed E-state index contributed by atoms with van der Waals surface area (Å²) in [5.41, 5.74) is 2.05. The van der Waals surface area contributed by atoms with Crippen LogP contribution < -0.4 is 0 Å². The van der Waals surface area contributed by atoms with E-state index in [-0.39, 0.29) is 9.10 Å². The molecule has 16 heavy (non-hydrogen) atoms. The Hall–Kier alpha value is -0.910. The van der Waals surface area contributed by atoms with Crippen molar-refractivity contribution in [3.63, 3.8) is 0 Å². The maximum atomic E-state index is 12.2. The van der Waals surface area contributed by atoms with Crippen molar-refractivity contribution in [1.29, 1.82) is 0 Å². The van der Waals surface area contributed by atoms with E-state index < -0.39 is 9.84 Å². The zero-order valence-corrected chi connectivity index (χ0v) is 10.7. The number of sulfone groups is 1. The molecule has 0 atom stereocenters. The van der Waals surface area contributed by atoms with Crippen molar-refractivity contribution < 1.29 is 8.42 Å². The van der Waals surface area contributed by atoms with Gasteiger partial charge < -0.3 is 0 Å². The fraction of sp³-hybridized carbons (Fsp3) is 0.100.